The molecule has 0 saturated heterocycles. The number of hydrogen-bond acceptors (Lipinski definition) is 6. The molecule has 0 radical (unpaired) electrons. The van der Waals surface area contributed by atoms with E-state index in [1.54, 1.807) is 6.07 Å². The molecular weight excluding hydrogens is 402 g/mol. The number of nitrogens with zero attached hydrogens (tertiary/aromatic N) is 2. The molecule has 0 spiro atoms. The molecule has 1 atom stereocenters. The number of hydrogen-bond donors (Lipinski definition) is 3. The fraction of sp³-hybridized carbons (Fsp3) is 0.455. The van der Waals surface area contributed by atoms with Gasteiger partial charge in [0, 0.05) is 23.9 Å². The van der Waals surface area contributed by atoms with E-state index in [0.717, 1.165) is 44.1 Å². The first-order valence-electron chi connectivity index (χ1n) is 10.4. The largest absolute Gasteiger partial charge is 0.507 e. The maximum atomic E-state index is 13.2. The van der Waals surface area contributed by atoms with Crippen molar-refractivity contribution in [2.45, 2.75) is 69.6 Å². The topological polar surface area (TPSA) is 112 Å². The third kappa shape index (κ3) is 4.92. The highest BCUT2D eigenvalue weighted by molar-refractivity contribution is 7.92. The maximum Gasteiger partial charge on any atom is 0.268 e. The Labute approximate surface area is 178 Å². The average Bonchev–Trinajstić information content (AvgIpc) is 2.68. The lowest BCUT2D eigenvalue weighted by atomic mass is 9.84. The van der Waals surface area contributed by atoms with E-state index >= 15 is 0 Å². The van der Waals surface area contributed by atoms with Crippen LogP contribution in [-0.2, 0) is 16.4 Å². The monoisotopic (exact) mass is 431 g/mol. The summed E-state index contributed by atoms with van der Waals surface area (Å²) in [7, 11) is -4.16. The number of unbranched alkanes of at least 4 members (excludes halogenated alkanes) is 2. The molecule has 0 fully saturated rings. The van der Waals surface area contributed by atoms with Crippen LogP contribution in [0.3, 0.4) is 0 Å². The van der Waals surface area contributed by atoms with E-state index in [2.05, 4.69) is 21.6 Å². The second-order valence-corrected chi connectivity index (χ2v) is 9.41. The molecule has 3 N–H and O–H groups in total. The first-order chi connectivity index (χ1) is 14.3. The van der Waals surface area contributed by atoms with Gasteiger partial charge in [-0.3, -0.25) is 0 Å². The zero-order valence-corrected chi connectivity index (χ0v) is 18.2. The predicted octanol–water partition coefficient (Wildman–Crippen LogP) is 4.64. The molecule has 1 aliphatic carbocycles. The van der Waals surface area contributed by atoms with Crippen molar-refractivity contribution in [3.63, 3.8) is 0 Å². The molecule has 162 valence electrons. The number of aromatic hydroxyl groups is 2. The molecule has 1 aromatic carbocycles. The summed E-state index contributed by atoms with van der Waals surface area (Å²) < 4.78 is 28.8. The van der Waals surface area contributed by atoms with E-state index in [9.17, 15) is 18.6 Å². The van der Waals surface area contributed by atoms with Crippen LogP contribution in [0, 0.1) is 0 Å². The van der Waals surface area contributed by atoms with Gasteiger partial charge >= 0.3 is 0 Å². The van der Waals surface area contributed by atoms with Crippen LogP contribution in [-0.4, -0.2) is 28.6 Å². The zero-order chi connectivity index (χ0) is 21.7. The van der Waals surface area contributed by atoms with Crippen molar-refractivity contribution in [1.82, 2.24) is 9.97 Å². The normalized spacial score (nSPS) is 16.9. The average molecular weight is 432 g/mol. The molecule has 0 bridgehead atoms. The molecule has 3 rings (SSSR count). The molecule has 1 aromatic heterocycles. The van der Waals surface area contributed by atoms with Crippen molar-refractivity contribution in [3.05, 3.63) is 47.3 Å². The number of benzene rings is 1. The van der Waals surface area contributed by atoms with Gasteiger partial charge in [0.2, 0.25) is 5.95 Å². The number of sulfonamides is 1. The third-order valence-electron chi connectivity index (χ3n) is 5.40. The smallest absolute Gasteiger partial charge is 0.268 e. The van der Waals surface area contributed by atoms with Crippen molar-refractivity contribution in [3.8, 4) is 11.5 Å². The van der Waals surface area contributed by atoms with Crippen LogP contribution in [0.2, 0.25) is 0 Å². The number of phenols is 2. The summed E-state index contributed by atoms with van der Waals surface area (Å²) in [5, 5.41) is 21.8. The Morgan fingerprint density at radius 2 is 1.93 bits per heavy atom. The van der Waals surface area contributed by atoms with Gasteiger partial charge in [0.25, 0.3) is 10.0 Å². The van der Waals surface area contributed by atoms with Crippen molar-refractivity contribution in [1.29, 1.82) is 0 Å². The van der Waals surface area contributed by atoms with Gasteiger partial charge in [0.05, 0.1) is 0 Å². The highest BCUT2D eigenvalue weighted by Crippen LogP contribution is 2.45. The van der Waals surface area contributed by atoms with E-state index in [0.29, 0.717) is 12.0 Å². The number of phenolic OH excluding ortho intramolecular Hbond substituents is 2. The van der Waals surface area contributed by atoms with Gasteiger partial charge in [-0.2, -0.15) is 0 Å². The lowest BCUT2D eigenvalue weighted by molar-refractivity contribution is 0.416. The molecular formula is C22H29N3O4S. The van der Waals surface area contributed by atoms with Gasteiger partial charge in [-0.1, -0.05) is 31.4 Å². The van der Waals surface area contributed by atoms with Crippen LogP contribution in [0.1, 0.15) is 69.4 Å². The van der Waals surface area contributed by atoms with E-state index in [4.69, 9.17) is 0 Å². The van der Waals surface area contributed by atoms with Crippen LogP contribution >= 0.6 is 0 Å². The van der Waals surface area contributed by atoms with Crippen molar-refractivity contribution in [2.24, 2.45) is 0 Å². The SMILES string of the molecule is CCCCCc1cc(O)c(C2C=C(C)CCC2)c(O)c1S(=O)(=O)Nc1ncccn1. The summed E-state index contributed by atoms with van der Waals surface area (Å²) in [6.45, 7) is 4.06. The molecule has 30 heavy (non-hydrogen) atoms. The molecule has 1 heterocycles. The number of nitrogens with one attached hydrogen (secondary N) is 1. The van der Waals surface area contributed by atoms with Gasteiger partial charge in [0.15, 0.2) is 0 Å². The molecule has 7 nitrogen and oxygen atoms in total. The van der Waals surface area contributed by atoms with Crippen molar-refractivity contribution in [2.75, 3.05) is 4.72 Å². The summed E-state index contributed by atoms with van der Waals surface area (Å²) in [5.41, 5.74) is 1.82. The van der Waals surface area contributed by atoms with Gasteiger partial charge in [0.1, 0.15) is 16.4 Å². The summed E-state index contributed by atoms with van der Waals surface area (Å²) >= 11 is 0. The number of anilines is 1. The third-order valence-corrected chi connectivity index (χ3v) is 6.85. The lowest BCUT2D eigenvalue weighted by Gasteiger charge is -2.24. The van der Waals surface area contributed by atoms with Gasteiger partial charge in [-0.25, -0.2) is 23.1 Å². The predicted molar refractivity (Wildman–Crippen MR) is 116 cm³/mol. The maximum absolute atomic E-state index is 13.2. The quantitative estimate of drug-likeness (QED) is 0.415. The minimum atomic E-state index is -4.16. The molecule has 0 amide bonds. The molecule has 0 saturated carbocycles. The van der Waals surface area contributed by atoms with Crippen LogP contribution in [0.5, 0.6) is 11.5 Å². The first-order valence-corrected chi connectivity index (χ1v) is 11.9. The second-order valence-electron chi connectivity index (χ2n) is 7.79. The molecule has 2 aromatic rings. The molecule has 1 unspecified atom stereocenters. The van der Waals surface area contributed by atoms with Crippen molar-refractivity contribution >= 4 is 16.0 Å². The van der Waals surface area contributed by atoms with E-state index < -0.39 is 10.0 Å². The Kier molecular flexibility index (Phi) is 6.97. The standard InChI is InChI=1S/C22H29N3O4S/c1-3-4-5-9-17-14-18(26)19(16-10-6-8-15(2)13-16)20(27)21(17)30(28,29)25-22-23-11-7-12-24-22/h7,11-14,16,26-27H,3-6,8-10H2,1-2H3,(H,23,24,25). The Bertz CT molecular complexity index is 1020. The Morgan fingerprint density at radius 1 is 1.20 bits per heavy atom. The van der Waals surface area contributed by atoms with E-state index in [1.165, 1.54) is 18.5 Å². The highest BCUT2D eigenvalue weighted by atomic mass is 32.2. The molecule has 0 aliphatic heterocycles. The minimum Gasteiger partial charge on any atom is -0.507 e. The summed E-state index contributed by atoms with van der Waals surface area (Å²) in [6, 6.07) is 3.07. The number of rotatable bonds is 8. The minimum absolute atomic E-state index is 0.0649. The fourth-order valence-corrected chi connectivity index (χ4v) is 5.30. The van der Waals surface area contributed by atoms with Crippen molar-refractivity contribution < 1.29 is 18.6 Å². The Balaban J connectivity index is 2.11. The van der Waals surface area contributed by atoms with Crippen LogP contribution in [0.4, 0.5) is 5.95 Å². The van der Waals surface area contributed by atoms with Crippen LogP contribution < -0.4 is 4.72 Å². The highest BCUT2D eigenvalue weighted by Gasteiger charge is 2.31. The fourth-order valence-electron chi connectivity index (χ4n) is 3.98. The summed E-state index contributed by atoms with van der Waals surface area (Å²) in [5.74, 6) is -0.754. The van der Waals surface area contributed by atoms with E-state index in [1.807, 2.05) is 13.0 Å². The zero-order valence-electron chi connectivity index (χ0n) is 17.4. The molecule has 1 aliphatic rings. The van der Waals surface area contributed by atoms with Crippen LogP contribution in [0.15, 0.2) is 41.1 Å². The Morgan fingerprint density at radius 3 is 2.60 bits per heavy atom. The summed E-state index contributed by atoms with van der Waals surface area (Å²) in [4.78, 5) is 7.65. The number of allylic oxidation sites excluding steroid dienone is 2. The van der Waals surface area contributed by atoms with Crippen LogP contribution in [0.25, 0.3) is 0 Å². The molecule has 8 heteroatoms. The van der Waals surface area contributed by atoms with Gasteiger partial charge in [-0.05, 0) is 56.7 Å². The number of aryl methyl sites for hydroxylation is 1. The summed E-state index contributed by atoms with van der Waals surface area (Å²) in [6.07, 6.45) is 10.6. The van der Waals surface area contributed by atoms with Gasteiger partial charge in [-0.15, -0.1) is 0 Å². The lowest BCUT2D eigenvalue weighted by Crippen LogP contribution is -2.18. The number of aromatic nitrogens is 2. The Hall–Kier alpha value is -2.61. The van der Waals surface area contributed by atoms with E-state index in [-0.39, 0.29) is 33.8 Å². The van der Waals surface area contributed by atoms with Gasteiger partial charge < -0.3 is 10.2 Å². The second kappa shape index (κ2) is 9.47. The first kappa shape index (κ1) is 22.1.